The summed E-state index contributed by atoms with van der Waals surface area (Å²) in [5, 5.41) is 24.5. The van der Waals surface area contributed by atoms with Crippen molar-refractivity contribution in [3.05, 3.63) is 52.8 Å². The molecule has 2 rings (SSSR count). The van der Waals surface area contributed by atoms with Gasteiger partial charge in [0.2, 0.25) is 0 Å². The first-order chi connectivity index (χ1) is 15.1. The fourth-order valence-corrected chi connectivity index (χ4v) is 2.86. The first-order valence-electron chi connectivity index (χ1n) is 9.69. The van der Waals surface area contributed by atoms with Gasteiger partial charge in [0, 0.05) is 23.9 Å². The van der Waals surface area contributed by atoms with E-state index in [4.69, 9.17) is 14.2 Å². The molecule has 1 amide bonds. The summed E-state index contributed by atoms with van der Waals surface area (Å²) in [6, 6.07) is 10.3. The van der Waals surface area contributed by atoms with Crippen LogP contribution in [0.25, 0.3) is 0 Å². The number of anilines is 1. The van der Waals surface area contributed by atoms with Crippen LogP contribution in [0.3, 0.4) is 0 Å². The predicted octanol–water partition coefficient (Wildman–Crippen LogP) is 4.42. The maximum Gasteiger partial charge on any atom is 0.407 e. The maximum atomic E-state index is 14.6. The van der Waals surface area contributed by atoms with Gasteiger partial charge >= 0.3 is 6.09 Å². The summed E-state index contributed by atoms with van der Waals surface area (Å²) in [5.41, 5.74) is 0.730. The Morgan fingerprint density at radius 3 is 2.34 bits per heavy atom. The van der Waals surface area contributed by atoms with E-state index in [1.54, 1.807) is 39.0 Å². The van der Waals surface area contributed by atoms with Gasteiger partial charge in [0.25, 0.3) is 0 Å². The first kappa shape index (κ1) is 24.3. The molecule has 0 radical (unpaired) electrons. The molecular weight excluding hydrogens is 415 g/mol. The lowest BCUT2D eigenvalue weighted by molar-refractivity contribution is 0.0523. The van der Waals surface area contributed by atoms with Gasteiger partial charge in [-0.2, -0.15) is 10.5 Å². The standard InChI is InChI=1S/C23H25FN4O4/c1-23(2,3)32-22(29)27-13-15-8-16(7-6-14(15)11-25)28-19(12-26)17-9-20(30-4)21(31-5)10-18(17)24/h6-10,19,28H,13H2,1-5H3,(H,27,29). The number of hydrogen-bond acceptors (Lipinski definition) is 7. The summed E-state index contributed by atoms with van der Waals surface area (Å²) in [7, 11) is 2.81. The van der Waals surface area contributed by atoms with Gasteiger partial charge in [-0.15, -0.1) is 0 Å². The van der Waals surface area contributed by atoms with Crippen molar-refractivity contribution >= 4 is 11.8 Å². The molecule has 2 aromatic carbocycles. The molecule has 2 aromatic rings. The van der Waals surface area contributed by atoms with Crippen LogP contribution in [0.15, 0.2) is 30.3 Å². The zero-order chi connectivity index (χ0) is 23.9. The molecule has 9 heteroatoms. The lowest BCUT2D eigenvalue weighted by Gasteiger charge is -2.20. The summed E-state index contributed by atoms with van der Waals surface area (Å²) in [4.78, 5) is 11.9. The van der Waals surface area contributed by atoms with Crippen molar-refractivity contribution in [2.45, 2.75) is 39.0 Å². The van der Waals surface area contributed by atoms with Crippen LogP contribution in [0.5, 0.6) is 11.5 Å². The monoisotopic (exact) mass is 440 g/mol. The van der Waals surface area contributed by atoms with Gasteiger partial charge in [0.1, 0.15) is 17.5 Å². The molecule has 8 nitrogen and oxygen atoms in total. The summed E-state index contributed by atoms with van der Waals surface area (Å²) in [6.07, 6.45) is -0.623. The van der Waals surface area contributed by atoms with E-state index >= 15 is 0 Å². The highest BCUT2D eigenvalue weighted by atomic mass is 19.1. The van der Waals surface area contributed by atoms with Crippen molar-refractivity contribution in [3.8, 4) is 23.6 Å². The van der Waals surface area contributed by atoms with Crippen LogP contribution in [0.4, 0.5) is 14.9 Å². The smallest absolute Gasteiger partial charge is 0.407 e. The molecule has 1 unspecified atom stereocenters. The second-order valence-electron chi connectivity index (χ2n) is 7.77. The van der Waals surface area contributed by atoms with Crippen molar-refractivity contribution in [2.24, 2.45) is 0 Å². The SMILES string of the molecule is COc1cc(F)c(C(C#N)Nc2ccc(C#N)c(CNC(=O)OC(C)(C)C)c2)cc1OC. The molecule has 2 N–H and O–H groups in total. The largest absolute Gasteiger partial charge is 0.493 e. The van der Waals surface area contributed by atoms with Crippen molar-refractivity contribution in [1.29, 1.82) is 10.5 Å². The van der Waals surface area contributed by atoms with Crippen LogP contribution in [0, 0.1) is 28.5 Å². The number of carbonyl (C=O) groups is 1. The number of nitrogens with one attached hydrogen (secondary N) is 2. The molecule has 0 aliphatic carbocycles. The molecule has 0 aromatic heterocycles. The number of carbonyl (C=O) groups excluding carboxylic acids is 1. The van der Waals surface area contributed by atoms with Crippen molar-refractivity contribution in [1.82, 2.24) is 5.32 Å². The van der Waals surface area contributed by atoms with Gasteiger partial charge in [-0.25, -0.2) is 9.18 Å². The van der Waals surface area contributed by atoms with Crippen molar-refractivity contribution in [2.75, 3.05) is 19.5 Å². The number of ether oxygens (including phenoxy) is 3. The van der Waals surface area contributed by atoms with Crippen LogP contribution < -0.4 is 20.1 Å². The van der Waals surface area contributed by atoms with Gasteiger partial charge in [-0.3, -0.25) is 0 Å². The number of alkyl carbamates (subject to hydrolysis) is 1. The second kappa shape index (κ2) is 10.4. The normalized spacial score (nSPS) is 11.5. The third kappa shape index (κ3) is 6.26. The Bertz CT molecular complexity index is 1070. The average Bonchev–Trinajstić information content (AvgIpc) is 2.74. The molecule has 0 bridgehead atoms. The highest BCUT2D eigenvalue weighted by Gasteiger charge is 2.20. The molecule has 168 valence electrons. The summed E-state index contributed by atoms with van der Waals surface area (Å²) in [6.45, 7) is 5.27. The van der Waals surface area contributed by atoms with Gasteiger partial charge in [0.05, 0.1) is 31.9 Å². The Kier molecular flexibility index (Phi) is 7.86. The Hall–Kier alpha value is -3.98. The van der Waals surface area contributed by atoms with Gasteiger partial charge in [-0.05, 0) is 50.6 Å². The molecule has 1 atom stereocenters. The molecule has 0 aliphatic heterocycles. The number of halogens is 1. The minimum absolute atomic E-state index is 0.0370. The van der Waals surface area contributed by atoms with Gasteiger partial charge in [0.15, 0.2) is 11.5 Å². The number of benzene rings is 2. The highest BCUT2D eigenvalue weighted by molar-refractivity contribution is 5.68. The highest BCUT2D eigenvalue weighted by Crippen LogP contribution is 2.33. The van der Waals surface area contributed by atoms with Crippen molar-refractivity contribution in [3.63, 3.8) is 0 Å². The molecule has 0 heterocycles. The Morgan fingerprint density at radius 2 is 1.78 bits per heavy atom. The molecule has 0 fully saturated rings. The number of nitriles is 2. The third-order valence-electron chi connectivity index (χ3n) is 4.30. The fraction of sp³-hybridized carbons (Fsp3) is 0.348. The van der Waals surface area contributed by atoms with Crippen LogP contribution in [-0.2, 0) is 11.3 Å². The van der Waals surface area contributed by atoms with E-state index in [9.17, 15) is 19.7 Å². The maximum absolute atomic E-state index is 14.6. The quantitative estimate of drug-likeness (QED) is 0.655. The van der Waals surface area contributed by atoms with E-state index in [0.717, 1.165) is 6.07 Å². The predicted molar refractivity (Wildman–Crippen MR) is 116 cm³/mol. The minimum atomic E-state index is -1.05. The minimum Gasteiger partial charge on any atom is -0.493 e. The second-order valence-corrected chi connectivity index (χ2v) is 7.77. The van der Waals surface area contributed by atoms with Crippen LogP contribution in [-0.4, -0.2) is 25.9 Å². The van der Waals surface area contributed by atoms with E-state index < -0.39 is 23.6 Å². The average molecular weight is 440 g/mol. The summed E-state index contributed by atoms with van der Waals surface area (Å²) < 4.78 is 30.1. The lowest BCUT2D eigenvalue weighted by atomic mass is 10.0. The van der Waals surface area contributed by atoms with Crippen LogP contribution >= 0.6 is 0 Å². The number of amides is 1. The fourth-order valence-electron chi connectivity index (χ4n) is 2.86. The number of nitrogens with zero attached hydrogens (tertiary/aromatic N) is 2. The van der Waals surface area contributed by atoms with Gasteiger partial charge < -0.3 is 24.8 Å². The Labute approximate surface area is 186 Å². The molecular formula is C23H25FN4O4. The van der Waals surface area contributed by atoms with E-state index in [1.165, 1.54) is 20.3 Å². The third-order valence-corrected chi connectivity index (χ3v) is 4.30. The zero-order valence-corrected chi connectivity index (χ0v) is 18.6. The topological polar surface area (TPSA) is 116 Å². The molecule has 32 heavy (non-hydrogen) atoms. The number of rotatable bonds is 7. The zero-order valence-electron chi connectivity index (χ0n) is 18.6. The Balaban J connectivity index is 2.27. The summed E-state index contributed by atoms with van der Waals surface area (Å²) in [5.74, 6) is -0.144. The molecule has 0 spiro atoms. The van der Waals surface area contributed by atoms with Gasteiger partial charge in [-0.1, -0.05) is 0 Å². The van der Waals surface area contributed by atoms with E-state index in [1.807, 2.05) is 6.07 Å². The molecule has 0 saturated carbocycles. The van der Waals surface area contributed by atoms with Crippen molar-refractivity contribution < 1.29 is 23.4 Å². The number of hydrogen-bond donors (Lipinski definition) is 2. The molecule has 0 saturated heterocycles. The van der Waals surface area contributed by atoms with E-state index in [-0.39, 0.29) is 23.6 Å². The van der Waals surface area contributed by atoms with E-state index in [2.05, 4.69) is 16.7 Å². The summed E-state index contributed by atoms with van der Waals surface area (Å²) >= 11 is 0. The van der Waals surface area contributed by atoms with Crippen LogP contribution in [0.2, 0.25) is 0 Å². The first-order valence-corrected chi connectivity index (χ1v) is 9.69. The number of methoxy groups -OCH3 is 2. The lowest BCUT2D eigenvalue weighted by Crippen LogP contribution is -2.32. The Morgan fingerprint density at radius 1 is 1.12 bits per heavy atom. The molecule has 0 aliphatic rings. The van der Waals surface area contributed by atoms with Crippen LogP contribution in [0.1, 0.15) is 43.5 Å². The van der Waals surface area contributed by atoms with E-state index in [0.29, 0.717) is 16.8 Å².